The zero-order valence-electron chi connectivity index (χ0n) is 18.2. The number of carbonyl (C=O) groups excluding carboxylic acids is 2. The number of aryl methyl sites for hydroxylation is 1. The molecule has 1 saturated heterocycles. The fraction of sp³-hybridized carbons (Fsp3) is 0.360. The molecular weight excluding hydrogens is 426 g/mol. The molecular formula is C25H28ClN3O3. The Kier molecular flexibility index (Phi) is 7.12. The first kappa shape index (κ1) is 22.4. The monoisotopic (exact) mass is 453 g/mol. The number of carbonyl (C=O) groups is 2. The van der Waals surface area contributed by atoms with Gasteiger partial charge in [-0.05, 0) is 42.7 Å². The van der Waals surface area contributed by atoms with Gasteiger partial charge in [0.05, 0.1) is 6.61 Å². The lowest BCUT2D eigenvalue weighted by Crippen LogP contribution is -2.51. The quantitative estimate of drug-likeness (QED) is 0.544. The number of amides is 1. The lowest BCUT2D eigenvalue weighted by Gasteiger charge is -2.38. The molecule has 0 aliphatic carbocycles. The summed E-state index contributed by atoms with van der Waals surface area (Å²) < 4.78 is 5.33. The second-order valence-corrected chi connectivity index (χ2v) is 8.42. The second kappa shape index (κ2) is 10.2. The lowest BCUT2D eigenvalue weighted by molar-refractivity contribution is -0.151. The third-order valence-electron chi connectivity index (χ3n) is 6.01. The van der Waals surface area contributed by atoms with Crippen molar-refractivity contribution >= 4 is 34.4 Å². The van der Waals surface area contributed by atoms with Crippen molar-refractivity contribution < 1.29 is 14.3 Å². The summed E-state index contributed by atoms with van der Waals surface area (Å²) in [4.78, 5) is 32.8. The summed E-state index contributed by atoms with van der Waals surface area (Å²) in [5.41, 5.74) is 3.11. The van der Waals surface area contributed by atoms with Crippen LogP contribution in [-0.4, -0.2) is 59.4 Å². The van der Waals surface area contributed by atoms with Gasteiger partial charge in [-0.1, -0.05) is 41.9 Å². The Morgan fingerprint density at radius 3 is 2.50 bits per heavy atom. The number of halogens is 1. The van der Waals surface area contributed by atoms with E-state index in [4.69, 9.17) is 16.3 Å². The summed E-state index contributed by atoms with van der Waals surface area (Å²) in [5, 5.41) is 1.80. The van der Waals surface area contributed by atoms with Gasteiger partial charge in [0, 0.05) is 54.7 Å². The molecule has 3 aromatic rings. The summed E-state index contributed by atoms with van der Waals surface area (Å²) in [7, 11) is 0. The number of rotatable bonds is 7. The van der Waals surface area contributed by atoms with Crippen LogP contribution in [0.15, 0.2) is 54.7 Å². The number of hydrogen-bond donors (Lipinski definition) is 1. The standard InChI is InChI=1S/C25H28ClN3O3/c1-2-32-25(31)24(18-7-10-20(26)11-8-18)29-15-13-28(14-16-29)23(30)12-9-19-17-27-22-6-4-3-5-21(19)22/h3-8,10-11,17,24,27H,2,9,12-16H2,1H3/t24-/m0/s1. The van der Waals surface area contributed by atoms with Crippen molar-refractivity contribution in [1.82, 2.24) is 14.8 Å². The number of H-pyrrole nitrogens is 1. The van der Waals surface area contributed by atoms with Crippen molar-refractivity contribution in [2.75, 3.05) is 32.8 Å². The molecule has 2 aromatic carbocycles. The van der Waals surface area contributed by atoms with Crippen LogP contribution >= 0.6 is 11.6 Å². The maximum Gasteiger partial charge on any atom is 0.328 e. The topological polar surface area (TPSA) is 65.6 Å². The number of nitrogens with one attached hydrogen (secondary N) is 1. The van der Waals surface area contributed by atoms with E-state index in [9.17, 15) is 9.59 Å². The fourth-order valence-corrected chi connectivity index (χ4v) is 4.46. The maximum atomic E-state index is 12.8. The molecule has 1 aromatic heterocycles. The van der Waals surface area contributed by atoms with Crippen molar-refractivity contribution in [2.45, 2.75) is 25.8 Å². The minimum absolute atomic E-state index is 0.147. The number of esters is 1. The Morgan fingerprint density at radius 1 is 1.06 bits per heavy atom. The summed E-state index contributed by atoms with van der Waals surface area (Å²) in [6.45, 7) is 4.55. The number of piperazine rings is 1. The number of aromatic amines is 1. The molecule has 1 N–H and O–H groups in total. The van der Waals surface area contributed by atoms with E-state index in [1.54, 1.807) is 19.1 Å². The molecule has 4 rings (SSSR count). The van der Waals surface area contributed by atoms with Crippen LogP contribution in [0, 0.1) is 0 Å². The molecule has 0 bridgehead atoms. The first-order valence-electron chi connectivity index (χ1n) is 11.1. The van der Waals surface area contributed by atoms with Crippen molar-refractivity contribution in [1.29, 1.82) is 0 Å². The molecule has 1 aliphatic heterocycles. The number of benzene rings is 2. The van der Waals surface area contributed by atoms with Gasteiger partial charge in [0.15, 0.2) is 0 Å². The van der Waals surface area contributed by atoms with Gasteiger partial charge in [-0.3, -0.25) is 9.69 Å². The minimum atomic E-state index is -0.490. The van der Waals surface area contributed by atoms with E-state index < -0.39 is 6.04 Å². The number of aromatic nitrogens is 1. The van der Waals surface area contributed by atoms with Crippen LogP contribution in [-0.2, 0) is 20.7 Å². The van der Waals surface area contributed by atoms with Gasteiger partial charge in [-0.15, -0.1) is 0 Å². The Hall–Kier alpha value is -2.83. The van der Waals surface area contributed by atoms with E-state index in [0.29, 0.717) is 50.7 Å². The van der Waals surface area contributed by atoms with Crippen molar-refractivity contribution in [3.05, 3.63) is 70.9 Å². The molecule has 0 saturated carbocycles. The summed E-state index contributed by atoms with van der Waals surface area (Å²) in [5.74, 6) is -0.122. The number of hydrogen-bond acceptors (Lipinski definition) is 4. The molecule has 1 amide bonds. The minimum Gasteiger partial charge on any atom is -0.465 e. The third-order valence-corrected chi connectivity index (χ3v) is 6.26. The average molecular weight is 454 g/mol. The first-order valence-corrected chi connectivity index (χ1v) is 11.4. The van der Waals surface area contributed by atoms with Crippen LogP contribution in [0.3, 0.4) is 0 Å². The van der Waals surface area contributed by atoms with E-state index in [0.717, 1.165) is 16.6 Å². The van der Waals surface area contributed by atoms with Gasteiger partial charge in [-0.2, -0.15) is 0 Å². The summed E-state index contributed by atoms with van der Waals surface area (Å²) in [6.07, 6.45) is 3.17. The van der Waals surface area contributed by atoms with E-state index in [2.05, 4.69) is 16.0 Å². The maximum absolute atomic E-state index is 12.8. The van der Waals surface area contributed by atoms with Gasteiger partial charge in [0.25, 0.3) is 0 Å². The van der Waals surface area contributed by atoms with E-state index >= 15 is 0 Å². The van der Waals surface area contributed by atoms with Crippen LogP contribution in [0.25, 0.3) is 10.9 Å². The zero-order chi connectivity index (χ0) is 22.5. The zero-order valence-corrected chi connectivity index (χ0v) is 19.0. The SMILES string of the molecule is CCOC(=O)[C@H](c1ccc(Cl)cc1)N1CCN(C(=O)CCc2c[nH]c3ccccc23)CC1. The summed E-state index contributed by atoms with van der Waals surface area (Å²) in [6, 6.07) is 14.9. The number of fused-ring (bicyclic) bond motifs is 1. The normalized spacial score (nSPS) is 15.6. The summed E-state index contributed by atoms with van der Waals surface area (Å²) >= 11 is 6.02. The third kappa shape index (κ3) is 4.97. The Bertz CT molecular complexity index is 1070. The van der Waals surface area contributed by atoms with Gasteiger partial charge < -0.3 is 14.6 Å². The predicted molar refractivity (Wildman–Crippen MR) is 126 cm³/mol. The highest BCUT2D eigenvalue weighted by molar-refractivity contribution is 6.30. The molecule has 0 spiro atoms. The van der Waals surface area contributed by atoms with Crippen molar-refractivity contribution in [3.8, 4) is 0 Å². The average Bonchev–Trinajstić information content (AvgIpc) is 3.23. The van der Waals surface area contributed by atoms with Crippen LogP contribution in [0.4, 0.5) is 0 Å². The largest absolute Gasteiger partial charge is 0.465 e. The molecule has 6 nitrogen and oxygen atoms in total. The smallest absolute Gasteiger partial charge is 0.328 e. The van der Waals surface area contributed by atoms with E-state index in [1.165, 1.54) is 5.39 Å². The molecule has 32 heavy (non-hydrogen) atoms. The van der Waals surface area contributed by atoms with Crippen LogP contribution < -0.4 is 0 Å². The highest BCUT2D eigenvalue weighted by Gasteiger charge is 2.32. The van der Waals surface area contributed by atoms with Gasteiger partial charge >= 0.3 is 5.97 Å². The molecule has 0 radical (unpaired) electrons. The van der Waals surface area contributed by atoms with Crippen LogP contribution in [0.2, 0.25) is 5.02 Å². The highest BCUT2D eigenvalue weighted by atomic mass is 35.5. The number of para-hydroxylation sites is 1. The van der Waals surface area contributed by atoms with E-state index in [-0.39, 0.29) is 11.9 Å². The fourth-order valence-electron chi connectivity index (χ4n) is 4.33. The second-order valence-electron chi connectivity index (χ2n) is 7.98. The number of ether oxygens (including phenoxy) is 1. The van der Waals surface area contributed by atoms with Gasteiger partial charge in [0.1, 0.15) is 6.04 Å². The van der Waals surface area contributed by atoms with Gasteiger partial charge in [0.2, 0.25) is 5.91 Å². The molecule has 7 heteroatoms. The predicted octanol–water partition coefficient (Wildman–Crippen LogP) is 4.20. The van der Waals surface area contributed by atoms with E-state index in [1.807, 2.05) is 41.4 Å². The molecule has 1 atom stereocenters. The van der Waals surface area contributed by atoms with Crippen molar-refractivity contribution in [2.24, 2.45) is 0 Å². The Morgan fingerprint density at radius 2 is 1.78 bits per heavy atom. The molecule has 0 unspecified atom stereocenters. The molecule has 1 fully saturated rings. The Balaban J connectivity index is 1.36. The lowest BCUT2D eigenvalue weighted by atomic mass is 10.0. The number of nitrogens with zero attached hydrogens (tertiary/aromatic N) is 2. The molecule has 2 heterocycles. The van der Waals surface area contributed by atoms with Gasteiger partial charge in [-0.25, -0.2) is 4.79 Å². The molecule has 168 valence electrons. The molecule has 1 aliphatic rings. The highest BCUT2D eigenvalue weighted by Crippen LogP contribution is 2.26. The van der Waals surface area contributed by atoms with Crippen molar-refractivity contribution in [3.63, 3.8) is 0 Å². The van der Waals surface area contributed by atoms with Crippen LogP contribution in [0.5, 0.6) is 0 Å². The van der Waals surface area contributed by atoms with Crippen LogP contribution in [0.1, 0.15) is 30.5 Å². The Labute approximate surface area is 193 Å². The first-order chi connectivity index (χ1) is 15.6.